The lowest BCUT2D eigenvalue weighted by Crippen LogP contribution is -2.40. The molecule has 3 aromatic rings. The van der Waals surface area contributed by atoms with E-state index in [-0.39, 0.29) is 12.0 Å². The predicted octanol–water partition coefficient (Wildman–Crippen LogP) is 8.10. The molecule has 0 saturated carbocycles. The first-order valence-corrected chi connectivity index (χ1v) is 14.8. The van der Waals surface area contributed by atoms with Crippen molar-refractivity contribution in [2.45, 2.75) is 71.3 Å². The molecule has 5 nitrogen and oxygen atoms in total. The number of carbonyl (C=O) groups excluding carboxylic acids is 1. The van der Waals surface area contributed by atoms with E-state index < -0.39 is 5.60 Å². The Balaban J connectivity index is 1.45. The molecule has 0 radical (unpaired) electrons. The zero-order valence-electron chi connectivity index (χ0n) is 24.8. The SMILES string of the molecule is CCC(c1ccccc1)C(C)C(c1ccc(O)cc1)c1ccc(N2CCC(CNC(=O)OC(C)(C)C)CC2)cc1. The number of nitrogens with one attached hydrogen (secondary N) is 1. The van der Waals surface area contributed by atoms with Gasteiger partial charge in [0.1, 0.15) is 11.4 Å². The summed E-state index contributed by atoms with van der Waals surface area (Å²) in [5, 5.41) is 12.9. The number of nitrogens with zero attached hydrogens (tertiary/aromatic N) is 1. The van der Waals surface area contributed by atoms with Crippen LogP contribution in [0.15, 0.2) is 78.9 Å². The predicted molar refractivity (Wildman–Crippen MR) is 164 cm³/mol. The number of rotatable bonds is 9. The lowest BCUT2D eigenvalue weighted by atomic mass is 9.72. The highest BCUT2D eigenvalue weighted by atomic mass is 16.6. The maximum Gasteiger partial charge on any atom is 0.407 e. The highest BCUT2D eigenvalue weighted by Gasteiger charge is 2.29. The normalized spacial score (nSPS) is 16.7. The van der Waals surface area contributed by atoms with Crippen LogP contribution >= 0.6 is 0 Å². The van der Waals surface area contributed by atoms with Crippen LogP contribution in [0.2, 0.25) is 0 Å². The summed E-state index contributed by atoms with van der Waals surface area (Å²) in [6, 6.07) is 27.7. The van der Waals surface area contributed by atoms with Crippen molar-refractivity contribution in [1.82, 2.24) is 5.32 Å². The molecule has 0 aliphatic carbocycles. The van der Waals surface area contributed by atoms with E-state index in [4.69, 9.17) is 4.74 Å². The number of phenols is 1. The molecule has 3 atom stereocenters. The number of carbonyl (C=O) groups is 1. The molecule has 0 aromatic heterocycles. The van der Waals surface area contributed by atoms with E-state index in [0.717, 1.165) is 32.4 Å². The first-order valence-electron chi connectivity index (χ1n) is 14.8. The zero-order valence-corrected chi connectivity index (χ0v) is 24.8. The van der Waals surface area contributed by atoms with Gasteiger partial charge >= 0.3 is 6.09 Å². The molecule has 40 heavy (non-hydrogen) atoms. The van der Waals surface area contributed by atoms with Gasteiger partial charge in [0.15, 0.2) is 0 Å². The third kappa shape index (κ3) is 7.80. The number of ether oxygens (including phenoxy) is 1. The minimum absolute atomic E-state index is 0.212. The summed E-state index contributed by atoms with van der Waals surface area (Å²) in [5.41, 5.74) is 4.67. The van der Waals surface area contributed by atoms with Crippen molar-refractivity contribution in [1.29, 1.82) is 0 Å². The first kappa shape index (κ1) is 29.5. The molecule has 2 N–H and O–H groups in total. The number of alkyl carbamates (subject to hydrolysis) is 1. The van der Waals surface area contributed by atoms with Crippen LogP contribution in [0.3, 0.4) is 0 Å². The Bertz CT molecular complexity index is 1190. The number of hydrogen-bond acceptors (Lipinski definition) is 4. The summed E-state index contributed by atoms with van der Waals surface area (Å²) in [6.45, 7) is 12.9. The standard InChI is InChI=1S/C35H46N2O3/c1-6-32(27-10-8-7-9-11-27)25(2)33(29-14-18-31(38)19-15-29)28-12-16-30(17-13-28)37-22-20-26(21-23-37)24-36-34(39)40-35(3,4)5/h7-19,25-26,32-33,38H,6,20-24H2,1-5H3,(H,36,39). The van der Waals surface area contributed by atoms with Gasteiger partial charge in [0.05, 0.1) is 0 Å². The van der Waals surface area contributed by atoms with Gasteiger partial charge in [-0.1, -0.05) is 68.4 Å². The molecule has 5 heteroatoms. The third-order valence-electron chi connectivity index (χ3n) is 8.25. The highest BCUT2D eigenvalue weighted by molar-refractivity contribution is 5.67. The molecule has 214 valence electrons. The quantitative estimate of drug-likeness (QED) is 0.287. The average Bonchev–Trinajstić information content (AvgIpc) is 2.94. The number of hydrogen-bond donors (Lipinski definition) is 2. The fraction of sp³-hybridized carbons (Fsp3) is 0.457. The van der Waals surface area contributed by atoms with Crippen LogP contribution in [0.5, 0.6) is 5.75 Å². The number of anilines is 1. The van der Waals surface area contributed by atoms with Gasteiger partial charge in [-0.15, -0.1) is 0 Å². The van der Waals surface area contributed by atoms with Crippen molar-refractivity contribution < 1.29 is 14.6 Å². The summed E-state index contributed by atoms with van der Waals surface area (Å²) in [5.74, 6) is 1.77. The van der Waals surface area contributed by atoms with E-state index in [0.29, 0.717) is 30.0 Å². The maximum atomic E-state index is 12.0. The van der Waals surface area contributed by atoms with E-state index in [1.807, 2.05) is 20.8 Å². The van der Waals surface area contributed by atoms with Crippen LogP contribution in [0.1, 0.15) is 82.4 Å². The van der Waals surface area contributed by atoms with Gasteiger partial charge < -0.3 is 20.1 Å². The van der Waals surface area contributed by atoms with Crippen molar-refractivity contribution in [3.05, 3.63) is 95.6 Å². The van der Waals surface area contributed by atoms with Crippen molar-refractivity contribution in [3.63, 3.8) is 0 Å². The molecule has 1 aliphatic heterocycles. The summed E-state index contributed by atoms with van der Waals surface area (Å²) in [6.07, 6.45) is 2.82. The van der Waals surface area contributed by atoms with Crippen molar-refractivity contribution in [3.8, 4) is 5.75 Å². The molecule has 4 rings (SSSR count). The number of piperidine rings is 1. The Morgan fingerprint density at radius 2 is 1.50 bits per heavy atom. The number of benzene rings is 3. The van der Waals surface area contributed by atoms with Crippen LogP contribution < -0.4 is 10.2 Å². The molecule has 1 aliphatic rings. The average molecular weight is 543 g/mol. The fourth-order valence-corrected chi connectivity index (χ4v) is 6.15. The van der Waals surface area contributed by atoms with E-state index in [9.17, 15) is 9.90 Å². The minimum Gasteiger partial charge on any atom is -0.508 e. The molecular weight excluding hydrogens is 496 g/mol. The number of aromatic hydroxyl groups is 1. The highest BCUT2D eigenvalue weighted by Crippen LogP contribution is 2.42. The van der Waals surface area contributed by atoms with Crippen LogP contribution in [0, 0.1) is 11.8 Å². The van der Waals surface area contributed by atoms with Gasteiger partial charge in [-0.05, 0) is 98.7 Å². The van der Waals surface area contributed by atoms with Crippen LogP contribution in [0.4, 0.5) is 10.5 Å². The lowest BCUT2D eigenvalue weighted by Gasteiger charge is -2.35. The smallest absolute Gasteiger partial charge is 0.407 e. The van der Waals surface area contributed by atoms with Gasteiger partial charge in [0.2, 0.25) is 0 Å². The molecule has 1 saturated heterocycles. The second-order valence-corrected chi connectivity index (χ2v) is 12.3. The minimum atomic E-state index is -0.475. The van der Waals surface area contributed by atoms with Gasteiger partial charge in [0, 0.05) is 31.2 Å². The zero-order chi connectivity index (χ0) is 28.7. The Labute approximate surface area is 240 Å². The first-order chi connectivity index (χ1) is 19.1. The summed E-state index contributed by atoms with van der Waals surface area (Å²) in [4.78, 5) is 14.5. The Kier molecular flexibility index (Phi) is 9.78. The molecule has 0 bridgehead atoms. The summed E-state index contributed by atoms with van der Waals surface area (Å²) in [7, 11) is 0. The molecule has 0 spiro atoms. The second-order valence-electron chi connectivity index (χ2n) is 12.3. The Morgan fingerprint density at radius 1 is 0.925 bits per heavy atom. The van der Waals surface area contributed by atoms with Crippen LogP contribution in [-0.4, -0.2) is 36.4 Å². The van der Waals surface area contributed by atoms with E-state index in [2.05, 4.69) is 90.8 Å². The van der Waals surface area contributed by atoms with Crippen molar-refractivity contribution in [2.75, 3.05) is 24.5 Å². The fourth-order valence-electron chi connectivity index (χ4n) is 6.15. The van der Waals surface area contributed by atoms with Crippen LogP contribution in [-0.2, 0) is 4.74 Å². The second kappa shape index (κ2) is 13.3. The topological polar surface area (TPSA) is 61.8 Å². The van der Waals surface area contributed by atoms with Gasteiger partial charge in [-0.3, -0.25) is 0 Å². The molecule has 1 heterocycles. The largest absolute Gasteiger partial charge is 0.508 e. The monoisotopic (exact) mass is 542 g/mol. The van der Waals surface area contributed by atoms with Gasteiger partial charge in [0.25, 0.3) is 0 Å². The molecule has 3 aromatic carbocycles. The van der Waals surface area contributed by atoms with Gasteiger partial charge in [-0.25, -0.2) is 4.79 Å². The van der Waals surface area contributed by atoms with E-state index in [1.165, 1.54) is 22.4 Å². The number of amides is 1. The molecule has 3 unspecified atom stereocenters. The van der Waals surface area contributed by atoms with Crippen LogP contribution in [0.25, 0.3) is 0 Å². The maximum absolute atomic E-state index is 12.0. The Morgan fingerprint density at radius 3 is 2.05 bits per heavy atom. The van der Waals surface area contributed by atoms with Crippen molar-refractivity contribution >= 4 is 11.8 Å². The van der Waals surface area contributed by atoms with E-state index in [1.54, 1.807) is 12.1 Å². The Hall–Kier alpha value is -3.47. The lowest BCUT2D eigenvalue weighted by molar-refractivity contribution is 0.0517. The summed E-state index contributed by atoms with van der Waals surface area (Å²) < 4.78 is 5.38. The summed E-state index contributed by atoms with van der Waals surface area (Å²) >= 11 is 0. The molecule has 1 fully saturated rings. The van der Waals surface area contributed by atoms with Gasteiger partial charge in [-0.2, -0.15) is 0 Å². The molecule has 1 amide bonds. The van der Waals surface area contributed by atoms with Crippen molar-refractivity contribution in [2.24, 2.45) is 11.8 Å². The number of phenolic OH excluding ortho intramolecular Hbond substituents is 1. The van der Waals surface area contributed by atoms with E-state index >= 15 is 0 Å². The third-order valence-corrected chi connectivity index (χ3v) is 8.25. The molecular formula is C35H46N2O3.